The molecule has 1 aliphatic rings. The molecule has 1 amide bonds. The average molecular weight is 428 g/mol. The lowest BCUT2D eigenvalue weighted by atomic mass is 10.00. The van der Waals surface area contributed by atoms with Gasteiger partial charge in [0.1, 0.15) is 18.9 Å². The van der Waals surface area contributed by atoms with Crippen LogP contribution in [-0.4, -0.2) is 59.8 Å². The van der Waals surface area contributed by atoms with Gasteiger partial charge in [0.05, 0.1) is 32.8 Å². The van der Waals surface area contributed by atoms with Gasteiger partial charge < -0.3 is 19.1 Å². The molecule has 1 aromatic heterocycles. The number of amides is 1. The van der Waals surface area contributed by atoms with Crippen LogP contribution in [0.3, 0.4) is 0 Å². The lowest BCUT2D eigenvalue weighted by Gasteiger charge is -2.28. The first-order chi connectivity index (χ1) is 14.8. The summed E-state index contributed by atoms with van der Waals surface area (Å²) in [5.74, 6) is 1.52. The molecule has 0 atom stereocenters. The number of quaternary nitrogens is 1. The van der Waals surface area contributed by atoms with E-state index in [1.165, 1.54) is 27.2 Å². The SMILES string of the molecule is Cc1cc(C)c(Cn2ccnc2CN(CC[NH+]2CCOCC2)C(=O)CC(C)C)c(C)c1. The van der Waals surface area contributed by atoms with Gasteiger partial charge in [0.2, 0.25) is 5.91 Å². The first-order valence-electron chi connectivity index (χ1n) is 11.6. The van der Waals surface area contributed by atoms with E-state index >= 15 is 0 Å². The Hall–Kier alpha value is -2.18. The molecule has 0 spiro atoms. The van der Waals surface area contributed by atoms with Gasteiger partial charge in [-0.05, 0) is 43.4 Å². The number of nitrogens with one attached hydrogen (secondary N) is 1. The maximum absolute atomic E-state index is 13.0. The molecule has 0 unspecified atom stereocenters. The molecule has 2 heterocycles. The van der Waals surface area contributed by atoms with Crippen molar-refractivity contribution >= 4 is 5.91 Å². The molecule has 6 nitrogen and oxygen atoms in total. The van der Waals surface area contributed by atoms with E-state index in [9.17, 15) is 4.79 Å². The Balaban J connectivity index is 1.73. The third-order valence-electron chi connectivity index (χ3n) is 6.17. The molecule has 0 bridgehead atoms. The third-order valence-corrected chi connectivity index (χ3v) is 6.17. The molecule has 3 rings (SSSR count). The number of hydrogen-bond acceptors (Lipinski definition) is 3. The number of benzene rings is 1. The van der Waals surface area contributed by atoms with Crippen LogP contribution in [0.25, 0.3) is 0 Å². The van der Waals surface area contributed by atoms with Gasteiger partial charge in [0, 0.05) is 25.4 Å². The summed E-state index contributed by atoms with van der Waals surface area (Å²) in [7, 11) is 0. The van der Waals surface area contributed by atoms with Crippen LogP contribution >= 0.6 is 0 Å². The van der Waals surface area contributed by atoms with Gasteiger partial charge >= 0.3 is 0 Å². The molecule has 0 radical (unpaired) electrons. The van der Waals surface area contributed by atoms with Gasteiger partial charge in [0.15, 0.2) is 0 Å². The van der Waals surface area contributed by atoms with E-state index in [1.54, 1.807) is 0 Å². The molecule has 2 aromatic rings. The van der Waals surface area contributed by atoms with Gasteiger partial charge in [-0.15, -0.1) is 0 Å². The van der Waals surface area contributed by atoms with Crippen LogP contribution in [0.5, 0.6) is 0 Å². The second-order valence-electron chi connectivity index (χ2n) is 9.37. The van der Waals surface area contributed by atoms with Crippen LogP contribution in [0.4, 0.5) is 0 Å². The highest BCUT2D eigenvalue weighted by Crippen LogP contribution is 2.19. The Kier molecular flexibility index (Phi) is 8.27. The van der Waals surface area contributed by atoms with Gasteiger partial charge in [-0.1, -0.05) is 31.5 Å². The normalized spacial score (nSPS) is 14.9. The van der Waals surface area contributed by atoms with Crippen molar-refractivity contribution in [2.75, 3.05) is 39.4 Å². The summed E-state index contributed by atoms with van der Waals surface area (Å²) in [6.45, 7) is 17.4. The maximum Gasteiger partial charge on any atom is 0.223 e. The van der Waals surface area contributed by atoms with Crippen molar-refractivity contribution in [2.24, 2.45) is 5.92 Å². The minimum Gasteiger partial charge on any atom is -0.370 e. The summed E-state index contributed by atoms with van der Waals surface area (Å²) in [4.78, 5) is 21.2. The van der Waals surface area contributed by atoms with E-state index in [0.29, 0.717) is 18.9 Å². The van der Waals surface area contributed by atoms with E-state index < -0.39 is 0 Å². The van der Waals surface area contributed by atoms with Gasteiger partial charge in [-0.25, -0.2) is 4.98 Å². The predicted molar refractivity (Wildman–Crippen MR) is 123 cm³/mol. The minimum absolute atomic E-state index is 0.222. The zero-order valence-electron chi connectivity index (χ0n) is 19.9. The monoisotopic (exact) mass is 427 g/mol. The summed E-state index contributed by atoms with van der Waals surface area (Å²) in [5.41, 5.74) is 5.24. The van der Waals surface area contributed by atoms with Crippen LogP contribution in [0.1, 0.15) is 48.3 Å². The van der Waals surface area contributed by atoms with Gasteiger partial charge in [-0.2, -0.15) is 0 Å². The zero-order chi connectivity index (χ0) is 22.4. The predicted octanol–water partition coefficient (Wildman–Crippen LogP) is 2.15. The second kappa shape index (κ2) is 10.9. The Morgan fingerprint density at radius 2 is 1.87 bits per heavy atom. The molecule has 1 fully saturated rings. The van der Waals surface area contributed by atoms with E-state index in [0.717, 1.165) is 51.8 Å². The number of ether oxygens (including phenoxy) is 1. The fourth-order valence-corrected chi connectivity index (χ4v) is 4.41. The molecule has 0 aliphatic carbocycles. The largest absolute Gasteiger partial charge is 0.370 e. The summed E-state index contributed by atoms with van der Waals surface area (Å²) < 4.78 is 7.67. The summed E-state index contributed by atoms with van der Waals surface area (Å²) in [6.07, 6.45) is 4.47. The summed E-state index contributed by atoms with van der Waals surface area (Å²) in [5, 5.41) is 0. The maximum atomic E-state index is 13.0. The van der Waals surface area contributed by atoms with Crippen molar-refractivity contribution in [2.45, 2.75) is 54.1 Å². The fraction of sp³-hybridized carbons (Fsp3) is 0.600. The number of rotatable bonds is 9. The molecule has 1 saturated heterocycles. The molecule has 1 aromatic carbocycles. The molecular weight excluding hydrogens is 388 g/mol. The standard InChI is InChI=1S/C25H38N4O2/c1-19(2)14-25(30)29(9-8-27-10-12-31-13-11-27)18-24-26-6-7-28(24)17-23-21(4)15-20(3)16-22(23)5/h6-7,15-16,19H,8-14,17-18H2,1-5H3/p+1. The zero-order valence-corrected chi connectivity index (χ0v) is 19.9. The number of imidazole rings is 1. The fourth-order valence-electron chi connectivity index (χ4n) is 4.41. The average Bonchev–Trinajstić information content (AvgIpc) is 3.14. The highest BCUT2D eigenvalue weighted by atomic mass is 16.5. The Bertz CT molecular complexity index is 845. The van der Waals surface area contributed by atoms with Crippen LogP contribution in [-0.2, 0) is 22.6 Å². The molecule has 1 N–H and O–H groups in total. The Morgan fingerprint density at radius 1 is 1.19 bits per heavy atom. The lowest BCUT2D eigenvalue weighted by molar-refractivity contribution is -0.907. The summed E-state index contributed by atoms with van der Waals surface area (Å²) in [6, 6.07) is 4.48. The molecule has 170 valence electrons. The van der Waals surface area contributed by atoms with E-state index in [2.05, 4.69) is 56.3 Å². The highest BCUT2D eigenvalue weighted by Gasteiger charge is 2.21. The number of carbonyl (C=O) groups excluding carboxylic acids is 1. The third kappa shape index (κ3) is 6.65. The number of morpholine rings is 1. The van der Waals surface area contributed by atoms with Crippen molar-refractivity contribution in [3.8, 4) is 0 Å². The Morgan fingerprint density at radius 3 is 2.52 bits per heavy atom. The van der Waals surface area contributed by atoms with Crippen molar-refractivity contribution in [1.29, 1.82) is 0 Å². The van der Waals surface area contributed by atoms with Crippen molar-refractivity contribution in [3.63, 3.8) is 0 Å². The Labute approximate surface area is 187 Å². The molecule has 0 saturated carbocycles. The first-order valence-corrected chi connectivity index (χ1v) is 11.6. The number of carbonyl (C=O) groups is 1. The lowest BCUT2D eigenvalue weighted by Crippen LogP contribution is -3.14. The minimum atomic E-state index is 0.222. The topological polar surface area (TPSA) is 51.8 Å². The summed E-state index contributed by atoms with van der Waals surface area (Å²) >= 11 is 0. The van der Waals surface area contributed by atoms with Gasteiger partial charge in [0.25, 0.3) is 0 Å². The van der Waals surface area contributed by atoms with Crippen LogP contribution in [0.15, 0.2) is 24.5 Å². The second-order valence-corrected chi connectivity index (χ2v) is 9.37. The number of hydrogen-bond donors (Lipinski definition) is 1. The highest BCUT2D eigenvalue weighted by molar-refractivity contribution is 5.76. The van der Waals surface area contributed by atoms with Crippen LogP contribution < -0.4 is 4.90 Å². The number of nitrogens with zero attached hydrogens (tertiary/aromatic N) is 3. The van der Waals surface area contributed by atoms with E-state index in [-0.39, 0.29) is 5.91 Å². The van der Waals surface area contributed by atoms with Crippen molar-refractivity contribution in [1.82, 2.24) is 14.5 Å². The molecule has 6 heteroatoms. The van der Waals surface area contributed by atoms with Crippen molar-refractivity contribution in [3.05, 3.63) is 52.6 Å². The molecular formula is C25H39N4O2+. The van der Waals surface area contributed by atoms with Crippen molar-refractivity contribution < 1.29 is 14.4 Å². The smallest absolute Gasteiger partial charge is 0.223 e. The number of aryl methyl sites for hydroxylation is 3. The van der Waals surface area contributed by atoms with Crippen LogP contribution in [0.2, 0.25) is 0 Å². The first kappa shape index (κ1) is 23.5. The van der Waals surface area contributed by atoms with E-state index in [1.807, 2.05) is 17.3 Å². The number of aromatic nitrogens is 2. The molecule has 1 aliphatic heterocycles. The van der Waals surface area contributed by atoms with E-state index in [4.69, 9.17) is 4.74 Å². The molecule has 31 heavy (non-hydrogen) atoms. The van der Waals surface area contributed by atoms with Gasteiger partial charge in [-0.3, -0.25) is 4.79 Å². The van der Waals surface area contributed by atoms with Crippen LogP contribution in [0, 0.1) is 26.7 Å². The quantitative estimate of drug-likeness (QED) is 0.667.